The molecule has 1 atom stereocenters. The number of hydrogen-bond donors (Lipinski definition) is 0. The molecule has 122 valence electrons. The second-order valence-corrected chi connectivity index (χ2v) is 8.73. The highest BCUT2D eigenvalue weighted by molar-refractivity contribution is 7.93. The maximum atomic E-state index is 12.5. The molecule has 6 heteroatoms. The van der Waals surface area contributed by atoms with E-state index in [1.54, 1.807) is 14.2 Å². The Morgan fingerprint density at radius 1 is 1.27 bits per heavy atom. The first kappa shape index (κ1) is 15.8. The molecule has 2 fully saturated rings. The summed E-state index contributed by atoms with van der Waals surface area (Å²) in [5.74, 6) is 1.27. The third-order valence-electron chi connectivity index (χ3n) is 5.04. The Labute approximate surface area is 132 Å². The first-order chi connectivity index (χ1) is 10.5. The van der Waals surface area contributed by atoms with Crippen molar-refractivity contribution in [1.82, 2.24) is 4.90 Å². The molecule has 1 unspecified atom stereocenters. The summed E-state index contributed by atoms with van der Waals surface area (Å²) in [5.41, 5.74) is 1.10. The molecule has 0 aliphatic carbocycles. The molecule has 0 aromatic heterocycles. The van der Waals surface area contributed by atoms with E-state index in [-0.39, 0.29) is 5.92 Å². The van der Waals surface area contributed by atoms with Crippen LogP contribution in [0.1, 0.15) is 12.0 Å². The van der Waals surface area contributed by atoms with Crippen LogP contribution in [0.15, 0.2) is 24.3 Å². The molecule has 2 saturated heterocycles. The maximum Gasteiger partial charge on any atom is 0.158 e. The van der Waals surface area contributed by atoms with Crippen LogP contribution in [0, 0.1) is 5.92 Å². The van der Waals surface area contributed by atoms with Crippen molar-refractivity contribution in [2.24, 2.45) is 5.92 Å². The van der Waals surface area contributed by atoms with Crippen molar-refractivity contribution in [2.45, 2.75) is 17.7 Å². The highest BCUT2D eigenvalue weighted by atomic mass is 32.2. The Hall–Kier alpha value is -1.11. The zero-order valence-electron chi connectivity index (χ0n) is 13.1. The molecule has 2 aliphatic heterocycles. The van der Waals surface area contributed by atoms with Gasteiger partial charge in [0, 0.05) is 38.2 Å². The van der Waals surface area contributed by atoms with Crippen molar-refractivity contribution < 1.29 is 17.9 Å². The minimum Gasteiger partial charge on any atom is -0.496 e. The number of rotatable bonds is 5. The number of ether oxygens (including phenoxy) is 2. The van der Waals surface area contributed by atoms with Gasteiger partial charge in [0.05, 0.1) is 19.5 Å². The largest absolute Gasteiger partial charge is 0.496 e. The molecule has 0 radical (unpaired) electrons. The molecule has 0 amide bonds. The number of methoxy groups -OCH3 is 2. The average molecular weight is 325 g/mol. The standard InChI is InChI=1S/C16H23NO4S/c1-20-10-14-7-8-22(18,19)16(14)11-17(12-16)9-13-5-3-4-6-15(13)21-2/h3-6,14H,7-12H2,1-2H3. The van der Waals surface area contributed by atoms with E-state index in [2.05, 4.69) is 4.90 Å². The van der Waals surface area contributed by atoms with Crippen LogP contribution in [0.2, 0.25) is 0 Å². The topological polar surface area (TPSA) is 55.8 Å². The van der Waals surface area contributed by atoms with Crippen LogP contribution in [-0.4, -0.2) is 57.7 Å². The number of benzene rings is 1. The Balaban J connectivity index is 1.72. The number of nitrogens with zero attached hydrogens (tertiary/aromatic N) is 1. The zero-order valence-corrected chi connectivity index (χ0v) is 13.9. The molecule has 0 bridgehead atoms. The van der Waals surface area contributed by atoms with Crippen molar-refractivity contribution in [3.63, 3.8) is 0 Å². The van der Waals surface area contributed by atoms with Gasteiger partial charge in [-0.05, 0) is 12.5 Å². The summed E-state index contributed by atoms with van der Waals surface area (Å²) in [6.45, 7) is 2.45. The number of para-hydroxylation sites is 1. The predicted octanol–water partition coefficient (Wildman–Crippen LogP) is 1.33. The molecule has 0 saturated carbocycles. The van der Waals surface area contributed by atoms with Gasteiger partial charge < -0.3 is 9.47 Å². The minimum absolute atomic E-state index is 0.122. The van der Waals surface area contributed by atoms with Crippen LogP contribution in [-0.2, 0) is 21.1 Å². The summed E-state index contributed by atoms with van der Waals surface area (Å²) in [6, 6.07) is 7.88. The van der Waals surface area contributed by atoms with E-state index >= 15 is 0 Å². The van der Waals surface area contributed by atoms with E-state index in [9.17, 15) is 8.42 Å². The summed E-state index contributed by atoms with van der Waals surface area (Å²) in [5, 5.41) is 0. The molecule has 22 heavy (non-hydrogen) atoms. The molecule has 1 spiro atoms. The van der Waals surface area contributed by atoms with Crippen molar-refractivity contribution in [3.05, 3.63) is 29.8 Å². The van der Waals surface area contributed by atoms with Gasteiger partial charge in [-0.3, -0.25) is 4.90 Å². The molecule has 0 N–H and O–H groups in total. The molecule has 1 aromatic carbocycles. The lowest BCUT2D eigenvalue weighted by Gasteiger charge is -2.50. The van der Waals surface area contributed by atoms with Gasteiger partial charge in [-0.15, -0.1) is 0 Å². The predicted molar refractivity (Wildman–Crippen MR) is 84.8 cm³/mol. The molecule has 2 aliphatic rings. The SMILES string of the molecule is COCC1CCS(=O)(=O)C12CN(Cc1ccccc1OC)C2. The van der Waals surface area contributed by atoms with Gasteiger partial charge in [0.2, 0.25) is 0 Å². The van der Waals surface area contributed by atoms with E-state index < -0.39 is 14.6 Å². The quantitative estimate of drug-likeness (QED) is 0.817. The summed E-state index contributed by atoms with van der Waals surface area (Å²) in [6.07, 6.45) is 0.721. The summed E-state index contributed by atoms with van der Waals surface area (Å²) >= 11 is 0. The van der Waals surface area contributed by atoms with Gasteiger partial charge in [0.1, 0.15) is 10.5 Å². The van der Waals surface area contributed by atoms with E-state index in [1.807, 2.05) is 24.3 Å². The Morgan fingerprint density at radius 2 is 2.00 bits per heavy atom. The number of hydrogen-bond acceptors (Lipinski definition) is 5. The van der Waals surface area contributed by atoms with Crippen LogP contribution in [0.4, 0.5) is 0 Å². The van der Waals surface area contributed by atoms with Gasteiger partial charge >= 0.3 is 0 Å². The number of likely N-dealkylation sites (tertiary alicyclic amines) is 1. The smallest absolute Gasteiger partial charge is 0.158 e. The average Bonchev–Trinajstić information content (AvgIpc) is 2.72. The molecular weight excluding hydrogens is 302 g/mol. The highest BCUT2D eigenvalue weighted by Crippen LogP contribution is 2.45. The fraction of sp³-hybridized carbons (Fsp3) is 0.625. The van der Waals surface area contributed by atoms with Crippen LogP contribution in [0.5, 0.6) is 5.75 Å². The fourth-order valence-corrected chi connectivity index (χ4v) is 6.26. The molecule has 1 aromatic rings. The normalized spacial score (nSPS) is 26.0. The minimum atomic E-state index is -3.02. The fourth-order valence-electron chi connectivity index (χ4n) is 3.81. The molecule has 5 nitrogen and oxygen atoms in total. The van der Waals surface area contributed by atoms with Gasteiger partial charge in [0.25, 0.3) is 0 Å². The third-order valence-corrected chi connectivity index (χ3v) is 7.64. The Morgan fingerprint density at radius 3 is 2.68 bits per heavy atom. The van der Waals surface area contributed by atoms with E-state index in [4.69, 9.17) is 9.47 Å². The number of sulfone groups is 1. The van der Waals surface area contributed by atoms with Crippen LogP contribution in [0.25, 0.3) is 0 Å². The lowest BCUT2D eigenvalue weighted by Crippen LogP contribution is -2.67. The first-order valence-corrected chi connectivity index (χ1v) is 9.23. The summed E-state index contributed by atoms with van der Waals surface area (Å²) in [4.78, 5) is 2.18. The molecular formula is C16H23NO4S. The van der Waals surface area contributed by atoms with Crippen LogP contribution in [0.3, 0.4) is 0 Å². The van der Waals surface area contributed by atoms with E-state index in [0.29, 0.717) is 25.4 Å². The van der Waals surface area contributed by atoms with Crippen molar-refractivity contribution in [2.75, 3.05) is 39.7 Å². The first-order valence-electron chi connectivity index (χ1n) is 7.58. The lowest BCUT2D eigenvalue weighted by atomic mass is 9.83. The molecule has 3 rings (SSSR count). The van der Waals surface area contributed by atoms with Crippen molar-refractivity contribution in [1.29, 1.82) is 0 Å². The van der Waals surface area contributed by atoms with Gasteiger partial charge in [0.15, 0.2) is 9.84 Å². The second-order valence-electron chi connectivity index (χ2n) is 6.28. The third kappa shape index (κ3) is 2.43. The summed E-state index contributed by atoms with van der Waals surface area (Å²) < 4.78 is 34.9. The van der Waals surface area contributed by atoms with Gasteiger partial charge in [-0.2, -0.15) is 0 Å². The Kier molecular flexibility index (Phi) is 4.18. The molecule has 2 heterocycles. The van der Waals surface area contributed by atoms with Crippen molar-refractivity contribution in [3.8, 4) is 5.75 Å². The summed E-state index contributed by atoms with van der Waals surface area (Å²) in [7, 11) is 0.287. The van der Waals surface area contributed by atoms with E-state index in [0.717, 1.165) is 24.3 Å². The van der Waals surface area contributed by atoms with Gasteiger partial charge in [-0.1, -0.05) is 18.2 Å². The highest BCUT2D eigenvalue weighted by Gasteiger charge is 2.61. The van der Waals surface area contributed by atoms with Crippen molar-refractivity contribution >= 4 is 9.84 Å². The van der Waals surface area contributed by atoms with E-state index in [1.165, 1.54) is 0 Å². The zero-order chi connectivity index (χ0) is 15.8. The van der Waals surface area contributed by atoms with Crippen LogP contribution < -0.4 is 4.74 Å². The van der Waals surface area contributed by atoms with Crippen LogP contribution >= 0.6 is 0 Å². The monoisotopic (exact) mass is 325 g/mol. The maximum absolute atomic E-state index is 12.5. The second kappa shape index (κ2) is 5.83. The Bertz CT molecular complexity index is 637. The van der Waals surface area contributed by atoms with Gasteiger partial charge in [-0.25, -0.2) is 8.42 Å². The lowest BCUT2D eigenvalue weighted by molar-refractivity contribution is 0.0407.